The van der Waals surface area contributed by atoms with E-state index in [-0.39, 0.29) is 11.4 Å². The lowest BCUT2D eigenvalue weighted by atomic mass is 10.2. The molecule has 0 amide bonds. The summed E-state index contributed by atoms with van der Waals surface area (Å²) >= 11 is 0. The number of hydrogen-bond acceptors (Lipinski definition) is 4. The first kappa shape index (κ1) is 14.6. The maximum atomic E-state index is 12.1. The number of sulfonamides is 1. The van der Waals surface area contributed by atoms with Gasteiger partial charge in [-0.15, -0.1) is 0 Å². The van der Waals surface area contributed by atoms with Gasteiger partial charge in [-0.25, -0.2) is 13.1 Å². The SMILES string of the molecule is O=S(=O)(NCCn1cc(-c2ccoc2)cn1)c1ccccc1. The van der Waals surface area contributed by atoms with Crippen LogP contribution >= 0.6 is 0 Å². The third-order valence-electron chi connectivity index (χ3n) is 3.17. The second kappa shape index (κ2) is 6.17. The van der Waals surface area contributed by atoms with Gasteiger partial charge >= 0.3 is 0 Å². The molecular weight excluding hydrogens is 302 g/mol. The van der Waals surface area contributed by atoms with Crippen molar-refractivity contribution in [1.29, 1.82) is 0 Å². The molecule has 1 aromatic carbocycles. The summed E-state index contributed by atoms with van der Waals surface area (Å²) in [4.78, 5) is 0.259. The zero-order valence-electron chi connectivity index (χ0n) is 11.7. The van der Waals surface area contributed by atoms with Gasteiger partial charge in [0.25, 0.3) is 0 Å². The molecule has 6 nitrogen and oxygen atoms in total. The Morgan fingerprint density at radius 2 is 1.95 bits per heavy atom. The molecule has 2 aromatic heterocycles. The molecule has 0 aliphatic rings. The first-order valence-corrected chi connectivity index (χ1v) is 8.23. The summed E-state index contributed by atoms with van der Waals surface area (Å²) in [5, 5.41) is 4.20. The zero-order valence-corrected chi connectivity index (χ0v) is 12.5. The predicted molar refractivity (Wildman–Crippen MR) is 81.6 cm³/mol. The Bertz CT molecular complexity index is 824. The van der Waals surface area contributed by atoms with Crippen LogP contribution in [0.25, 0.3) is 11.1 Å². The van der Waals surface area contributed by atoms with E-state index in [2.05, 4.69) is 9.82 Å². The van der Waals surface area contributed by atoms with Crippen molar-refractivity contribution in [2.24, 2.45) is 0 Å². The fraction of sp³-hybridized carbons (Fsp3) is 0.133. The summed E-state index contributed by atoms with van der Waals surface area (Å²) in [6, 6.07) is 10.1. The zero-order chi connectivity index (χ0) is 15.4. The molecule has 0 fully saturated rings. The van der Waals surface area contributed by atoms with Crippen molar-refractivity contribution in [2.75, 3.05) is 6.54 Å². The Morgan fingerprint density at radius 3 is 2.68 bits per heavy atom. The quantitative estimate of drug-likeness (QED) is 0.755. The Labute approximate surface area is 128 Å². The molecule has 3 aromatic rings. The lowest BCUT2D eigenvalue weighted by Gasteiger charge is -2.06. The van der Waals surface area contributed by atoms with E-state index in [1.165, 1.54) is 0 Å². The maximum absolute atomic E-state index is 12.1. The van der Waals surface area contributed by atoms with E-state index in [1.807, 2.05) is 12.3 Å². The van der Waals surface area contributed by atoms with Crippen molar-refractivity contribution in [1.82, 2.24) is 14.5 Å². The molecule has 0 saturated heterocycles. The second-order valence-electron chi connectivity index (χ2n) is 4.71. The summed E-state index contributed by atoms with van der Waals surface area (Å²) < 4.78 is 33.4. The van der Waals surface area contributed by atoms with Crippen LogP contribution in [0, 0.1) is 0 Å². The molecule has 22 heavy (non-hydrogen) atoms. The highest BCUT2D eigenvalue weighted by atomic mass is 32.2. The molecule has 3 rings (SSSR count). The van der Waals surface area contributed by atoms with Crippen LogP contribution in [-0.2, 0) is 16.6 Å². The van der Waals surface area contributed by atoms with Crippen LogP contribution in [0.2, 0.25) is 0 Å². The molecule has 0 aliphatic carbocycles. The van der Waals surface area contributed by atoms with Crippen LogP contribution in [0.5, 0.6) is 0 Å². The van der Waals surface area contributed by atoms with Crippen molar-refractivity contribution < 1.29 is 12.8 Å². The van der Waals surface area contributed by atoms with Gasteiger partial charge in [-0.1, -0.05) is 18.2 Å². The van der Waals surface area contributed by atoms with E-state index in [1.54, 1.807) is 53.7 Å². The standard InChI is InChI=1S/C15H15N3O3S/c19-22(20,15-4-2-1-3-5-15)17-7-8-18-11-14(10-16-18)13-6-9-21-12-13/h1-6,9-12,17H,7-8H2. The van der Waals surface area contributed by atoms with Gasteiger partial charge in [-0.2, -0.15) is 5.10 Å². The molecule has 0 spiro atoms. The van der Waals surface area contributed by atoms with Crippen molar-refractivity contribution in [3.63, 3.8) is 0 Å². The van der Waals surface area contributed by atoms with Gasteiger partial charge in [0.2, 0.25) is 10.0 Å². The topological polar surface area (TPSA) is 77.1 Å². The van der Waals surface area contributed by atoms with Crippen LogP contribution in [0.4, 0.5) is 0 Å². The largest absolute Gasteiger partial charge is 0.472 e. The fourth-order valence-electron chi connectivity index (χ4n) is 2.04. The number of nitrogens with zero attached hydrogens (tertiary/aromatic N) is 2. The number of rotatable bonds is 6. The predicted octanol–water partition coefficient (Wildman–Crippen LogP) is 2.12. The molecule has 7 heteroatoms. The summed E-state index contributed by atoms with van der Waals surface area (Å²) in [6.07, 6.45) is 6.80. The van der Waals surface area contributed by atoms with Gasteiger partial charge in [0, 0.05) is 23.9 Å². The molecule has 0 bridgehead atoms. The maximum Gasteiger partial charge on any atom is 0.240 e. The summed E-state index contributed by atoms with van der Waals surface area (Å²) in [5.41, 5.74) is 1.87. The van der Waals surface area contributed by atoms with E-state index >= 15 is 0 Å². The van der Waals surface area contributed by atoms with E-state index in [0.717, 1.165) is 11.1 Å². The average Bonchev–Trinajstić information content (AvgIpc) is 3.19. The highest BCUT2D eigenvalue weighted by Gasteiger charge is 2.12. The normalized spacial score (nSPS) is 11.6. The van der Waals surface area contributed by atoms with Crippen LogP contribution in [0.3, 0.4) is 0 Å². The highest BCUT2D eigenvalue weighted by molar-refractivity contribution is 7.89. The van der Waals surface area contributed by atoms with E-state index < -0.39 is 10.0 Å². The summed E-state index contributed by atoms with van der Waals surface area (Å²) in [6.45, 7) is 0.716. The Hall–Kier alpha value is -2.38. The molecule has 0 aliphatic heterocycles. The Balaban J connectivity index is 1.60. The van der Waals surface area contributed by atoms with Crippen LogP contribution in [-0.4, -0.2) is 24.7 Å². The molecule has 1 N–H and O–H groups in total. The first-order chi connectivity index (χ1) is 10.6. The minimum Gasteiger partial charge on any atom is -0.472 e. The number of benzene rings is 1. The van der Waals surface area contributed by atoms with Gasteiger partial charge in [-0.05, 0) is 18.2 Å². The van der Waals surface area contributed by atoms with E-state index in [4.69, 9.17) is 4.42 Å². The number of hydrogen-bond donors (Lipinski definition) is 1. The van der Waals surface area contributed by atoms with Crippen molar-refractivity contribution in [3.05, 3.63) is 61.3 Å². The van der Waals surface area contributed by atoms with Crippen LogP contribution < -0.4 is 4.72 Å². The minimum absolute atomic E-state index is 0.259. The second-order valence-corrected chi connectivity index (χ2v) is 6.48. The summed E-state index contributed by atoms with van der Waals surface area (Å²) in [7, 11) is -3.47. The lowest BCUT2D eigenvalue weighted by Crippen LogP contribution is -2.27. The van der Waals surface area contributed by atoms with Crippen LogP contribution in [0.15, 0.2) is 70.6 Å². The van der Waals surface area contributed by atoms with E-state index in [0.29, 0.717) is 6.54 Å². The number of nitrogens with one attached hydrogen (secondary N) is 1. The molecule has 114 valence electrons. The van der Waals surface area contributed by atoms with Gasteiger partial charge in [0.15, 0.2) is 0 Å². The van der Waals surface area contributed by atoms with Gasteiger partial charge in [0.05, 0.1) is 30.2 Å². The smallest absolute Gasteiger partial charge is 0.240 e. The molecule has 0 radical (unpaired) electrons. The third kappa shape index (κ3) is 3.26. The lowest BCUT2D eigenvalue weighted by molar-refractivity contribution is 0.561. The third-order valence-corrected chi connectivity index (χ3v) is 4.65. The van der Waals surface area contributed by atoms with Gasteiger partial charge in [-0.3, -0.25) is 4.68 Å². The molecule has 2 heterocycles. The minimum atomic E-state index is -3.47. The first-order valence-electron chi connectivity index (χ1n) is 6.75. The monoisotopic (exact) mass is 317 g/mol. The van der Waals surface area contributed by atoms with Gasteiger partial charge in [0.1, 0.15) is 0 Å². The van der Waals surface area contributed by atoms with Crippen LogP contribution in [0.1, 0.15) is 0 Å². The molecule has 0 unspecified atom stereocenters. The Kier molecular flexibility index (Phi) is 4.08. The van der Waals surface area contributed by atoms with Crippen molar-refractivity contribution in [3.8, 4) is 11.1 Å². The molecule has 0 atom stereocenters. The number of furan rings is 1. The molecule has 0 saturated carbocycles. The molecular formula is C15H15N3O3S. The summed E-state index contributed by atoms with van der Waals surface area (Å²) in [5.74, 6) is 0. The van der Waals surface area contributed by atoms with Crippen molar-refractivity contribution >= 4 is 10.0 Å². The average molecular weight is 317 g/mol. The Morgan fingerprint density at radius 1 is 1.14 bits per heavy atom. The van der Waals surface area contributed by atoms with Crippen molar-refractivity contribution in [2.45, 2.75) is 11.4 Å². The highest BCUT2D eigenvalue weighted by Crippen LogP contribution is 2.18. The van der Waals surface area contributed by atoms with Gasteiger partial charge < -0.3 is 4.42 Å². The fourth-order valence-corrected chi connectivity index (χ4v) is 3.08. The number of aromatic nitrogens is 2. The van der Waals surface area contributed by atoms with E-state index in [9.17, 15) is 8.42 Å².